The van der Waals surface area contributed by atoms with Crippen LogP contribution in [-0.2, 0) is 0 Å². The lowest BCUT2D eigenvalue weighted by Gasteiger charge is -2.08. The number of allylic oxidation sites excluding steroid dienone is 2. The van der Waals surface area contributed by atoms with Crippen molar-refractivity contribution < 1.29 is 0 Å². The van der Waals surface area contributed by atoms with Crippen LogP contribution in [0.5, 0.6) is 0 Å². The standard InChI is InChI=1S/C16H18/c1-2-3-10-15-11-7-12-16(15)13-14-8-5-4-6-9-14/h3-6,8-9,13,15H,1,7,10-12H2/b16-13-. The molecule has 0 heterocycles. The van der Waals surface area contributed by atoms with E-state index in [4.69, 9.17) is 0 Å². The Morgan fingerprint density at radius 1 is 1.31 bits per heavy atom. The zero-order chi connectivity index (χ0) is 11.2. The van der Waals surface area contributed by atoms with E-state index in [-0.39, 0.29) is 0 Å². The second-order valence-electron chi connectivity index (χ2n) is 4.36. The van der Waals surface area contributed by atoms with E-state index in [1.54, 1.807) is 5.57 Å². The van der Waals surface area contributed by atoms with Gasteiger partial charge in [-0.15, -0.1) is 5.73 Å². The molecule has 1 aliphatic rings. The Morgan fingerprint density at radius 2 is 2.12 bits per heavy atom. The fourth-order valence-electron chi connectivity index (χ4n) is 2.39. The molecular formula is C16H18. The van der Waals surface area contributed by atoms with Gasteiger partial charge in [-0.05, 0) is 43.2 Å². The molecule has 0 radical (unpaired) electrons. The Hall–Kier alpha value is -1.52. The van der Waals surface area contributed by atoms with Gasteiger partial charge in [0.1, 0.15) is 0 Å². The average Bonchev–Trinajstić information content (AvgIpc) is 2.75. The fourth-order valence-corrected chi connectivity index (χ4v) is 2.39. The third kappa shape index (κ3) is 2.74. The van der Waals surface area contributed by atoms with E-state index in [0.717, 1.165) is 12.3 Å². The highest BCUT2D eigenvalue weighted by atomic mass is 14.2. The zero-order valence-corrected chi connectivity index (χ0v) is 9.65. The van der Waals surface area contributed by atoms with Gasteiger partial charge in [-0.25, -0.2) is 0 Å². The van der Waals surface area contributed by atoms with Crippen LogP contribution < -0.4 is 0 Å². The monoisotopic (exact) mass is 210 g/mol. The molecule has 1 fully saturated rings. The van der Waals surface area contributed by atoms with Gasteiger partial charge in [0.25, 0.3) is 0 Å². The van der Waals surface area contributed by atoms with Gasteiger partial charge in [0.2, 0.25) is 0 Å². The molecule has 0 aromatic heterocycles. The average molecular weight is 210 g/mol. The van der Waals surface area contributed by atoms with Gasteiger partial charge in [0.05, 0.1) is 0 Å². The van der Waals surface area contributed by atoms with Crippen LogP contribution in [0.25, 0.3) is 6.08 Å². The van der Waals surface area contributed by atoms with Crippen molar-refractivity contribution in [3.8, 4) is 0 Å². The molecule has 0 heteroatoms. The molecule has 0 bridgehead atoms. The van der Waals surface area contributed by atoms with Gasteiger partial charge in [-0.2, -0.15) is 0 Å². The second-order valence-corrected chi connectivity index (χ2v) is 4.36. The third-order valence-electron chi connectivity index (χ3n) is 3.24. The first-order valence-electron chi connectivity index (χ1n) is 6.00. The summed E-state index contributed by atoms with van der Waals surface area (Å²) in [5, 5.41) is 0. The van der Waals surface area contributed by atoms with E-state index >= 15 is 0 Å². The van der Waals surface area contributed by atoms with Crippen LogP contribution in [0.2, 0.25) is 0 Å². The van der Waals surface area contributed by atoms with Crippen molar-refractivity contribution in [3.63, 3.8) is 0 Å². The molecule has 1 unspecified atom stereocenters. The topological polar surface area (TPSA) is 0 Å². The second kappa shape index (κ2) is 5.53. The van der Waals surface area contributed by atoms with E-state index in [1.165, 1.54) is 24.8 Å². The Morgan fingerprint density at radius 3 is 2.88 bits per heavy atom. The minimum Gasteiger partial charge on any atom is -0.133 e. The van der Waals surface area contributed by atoms with Crippen LogP contribution in [0.3, 0.4) is 0 Å². The smallest absolute Gasteiger partial charge is 0.0159 e. The molecule has 0 spiro atoms. The van der Waals surface area contributed by atoms with Gasteiger partial charge in [-0.1, -0.05) is 48.6 Å². The van der Waals surface area contributed by atoms with Crippen molar-refractivity contribution in [2.24, 2.45) is 5.92 Å². The van der Waals surface area contributed by atoms with Crippen molar-refractivity contribution in [1.29, 1.82) is 0 Å². The summed E-state index contributed by atoms with van der Waals surface area (Å²) in [4.78, 5) is 0. The van der Waals surface area contributed by atoms with E-state index in [1.807, 2.05) is 0 Å². The highest BCUT2D eigenvalue weighted by Gasteiger charge is 2.19. The van der Waals surface area contributed by atoms with Crippen LogP contribution in [-0.4, -0.2) is 0 Å². The highest BCUT2D eigenvalue weighted by molar-refractivity contribution is 5.53. The summed E-state index contributed by atoms with van der Waals surface area (Å²) < 4.78 is 0. The number of rotatable bonds is 3. The Labute approximate surface area is 98.0 Å². The SMILES string of the molecule is C=C=CCC1CCC/C1=C/c1ccccc1. The lowest BCUT2D eigenvalue weighted by Crippen LogP contribution is -1.94. The maximum absolute atomic E-state index is 3.63. The van der Waals surface area contributed by atoms with E-state index in [9.17, 15) is 0 Å². The van der Waals surface area contributed by atoms with Crippen LogP contribution >= 0.6 is 0 Å². The normalized spacial score (nSPS) is 22.0. The number of benzene rings is 1. The number of hydrogen-bond acceptors (Lipinski definition) is 0. The molecule has 0 aliphatic heterocycles. The molecule has 82 valence electrons. The molecule has 1 saturated carbocycles. The molecule has 1 aliphatic carbocycles. The molecule has 1 aromatic carbocycles. The Bertz CT molecular complexity index is 405. The van der Waals surface area contributed by atoms with Crippen molar-refractivity contribution in [2.45, 2.75) is 25.7 Å². The molecule has 0 N–H and O–H groups in total. The predicted octanol–water partition coefficient (Wildman–Crippen LogP) is 4.60. The van der Waals surface area contributed by atoms with Gasteiger partial charge >= 0.3 is 0 Å². The minimum atomic E-state index is 0.717. The summed E-state index contributed by atoms with van der Waals surface area (Å²) in [5.74, 6) is 0.717. The molecular weight excluding hydrogens is 192 g/mol. The fraction of sp³-hybridized carbons (Fsp3) is 0.312. The highest BCUT2D eigenvalue weighted by Crippen LogP contribution is 2.34. The maximum atomic E-state index is 3.63. The molecule has 1 atom stereocenters. The zero-order valence-electron chi connectivity index (χ0n) is 9.65. The quantitative estimate of drug-likeness (QED) is 0.639. The maximum Gasteiger partial charge on any atom is -0.0159 e. The largest absolute Gasteiger partial charge is 0.133 e. The van der Waals surface area contributed by atoms with Crippen molar-refractivity contribution in [2.75, 3.05) is 0 Å². The summed E-state index contributed by atoms with van der Waals surface area (Å²) >= 11 is 0. The summed E-state index contributed by atoms with van der Waals surface area (Å²) in [6, 6.07) is 10.6. The molecule has 0 amide bonds. The van der Waals surface area contributed by atoms with Gasteiger partial charge in [0, 0.05) is 0 Å². The summed E-state index contributed by atoms with van der Waals surface area (Å²) in [7, 11) is 0. The van der Waals surface area contributed by atoms with Gasteiger partial charge in [-0.3, -0.25) is 0 Å². The van der Waals surface area contributed by atoms with Crippen molar-refractivity contribution in [1.82, 2.24) is 0 Å². The van der Waals surface area contributed by atoms with Crippen LogP contribution in [0, 0.1) is 5.92 Å². The lowest BCUT2D eigenvalue weighted by atomic mass is 9.97. The molecule has 1 aromatic rings. The van der Waals surface area contributed by atoms with E-state index in [0.29, 0.717) is 0 Å². The first kappa shape index (κ1) is 11.0. The molecule has 2 rings (SSSR count). The molecule has 0 saturated heterocycles. The van der Waals surface area contributed by atoms with Gasteiger partial charge in [0.15, 0.2) is 0 Å². The molecule has 0 nitrogen and oxygen atoms in total. The minimum absolute atomic E-state index is 0.717. The van der Waals surface area contributed by atoms with E-state index in [2.05, 4.69) is 54.8 Å². The number of hydrogen-bond donors (Lipinski definition) is 0. The Balaban J connectivity index is 2.13. The first-order valence-corrected chi connectivity index (χ1v) is 6.00. The summed E-state index contributed by atoms with van der Waals surface area (Å²) in [6.07, 6.45) is 9.42. The molecule has 16 heavy (non-hydrogen) atoms. The lowest BCUT2D eigenvalue weighted by molar-refractivity contribution is 0.640. The van der Waals surface area contributed by atoms with E-state index < -0.39 is 0 Å². The Kier molecular flexibility index (Phi) is 3.80. The first-order chi connectivity index (χ1) is 7.90. The van der Waals surface area contributed by atoms with Crippen molar-refractivity contribution >= 4 is 6.08 Å². The predicted molar refractivity (Wildman–Crippen MR) is 70.1 cm³/mol. The van der Waals surface area contributed by atoms with Crippen LogP contribution in [0.1, 0.15) is 31.2 Å². The van der Waals surface area contributed by atoms with Crippen LogP contribution in [0.4, 0.5) is 0 Å². The van der Waals surface area contributed by atoms with Crippen LogP contribution in [0.15, 0.2) is 54.3 Å². The summed E-state index contributed by atoms with van der Waals surface area (Å²) in [6.45, 7) is 3.63. The third-order valence-corrected chi connectivity index (χ3v) is 3.24. The summed E-state index contributed by atoms with van der Waals surface area (Å²) in [5.41, 5.74) is 5.80. The van der Waals surface area contributed by atoms with Crippen molar-refractivity contribution in [3.05, 3.63) is 59.9 Å². The van der Waals surface area contributed by atoms with Gasteiger partial charge < -0.3 is 0 Å².